The predicted molar refractivity (Wildman–Crippen MR) is 81.6 cm³/mol. The summed E-state index contributed by atoms with van der Waals surface area (Å²) in [6, 6.07) is 4.53. The maximum atomic E-state index is 12.3. The van der Waals surface area contributed by atoms with Crippen molar-refractivity contribution < 1.29 is 9.72 Å². The van der Waals surface area contributed by atoms with Crippen molar-refractivity contribution in [2.24, 2.45) is 0 Å². The summed E-state index contributed by atoms with van der Waals surface area (Å²) in [5.74, 6) is -0.0260. The summed E-state index contributed by atoms with van der Waals surface area (Å²) in [7, 11) is 3.39. The van der Waals surface area contributed by atoms with Crippen molar-refractivity contribution in [2.45, 2.75) is 25.8 Å². The number of carbonyl (C=O) groups excluding carboxylic acids is 1. The SMILES string of the molecule is Cc1c(N2CCC[C@@H]2C(=O)N(C)C)cc(C#N)cc1[N+](=O)[O-]. The van der Waals surface area contributed by atoms with E-state index in [2.05, 4.69) is 0 Å². The first-order chi connectivity index (χ1) is 10.4. The van der Waals surface area contributed by atoms with Gasteiger partial charge in [-0.2, -0.15) is 5.26 Å². The van der Waals surface area contributed by atoms with E-state index in [1.807, 2.05) is 11.0 Å². The fourth-order valence-electron chi connectivity index (χ4n) is 2.85. The summed E-state index contributed by atoms with van der Waals surface area (Å²) >= 11 is 0. The lowest BCUT2D eigenvalue weighted by Crippen LogP contribution is -2.43. The Morgan fingerprint density at radius 2 is 2.18 bits per heavy atom. The van der Waals surface area contributed by atoms with E-state index >= 15 is 0 Å². The van der Waals surface area contributed by atoms with Crippen molar-refractivity contribution in [3.63, 3.8) is 0 Å². The van der Waals surface area contributed by atoms with Gasteiger partial charge in [-0.3, -0.25) is 14.9 Å². The third-order valence-corrected chi connectivity index (χ3v) is 3.97. The van der Waals surface area contributed by atoms with Crippen LogP contribution in [0.1, 0.15) is 24.0 Å². The average molecular weight is 302 g/mol. The molecule has 1 fully saturated rings. The molecule has 0 radical (unpaired) electrons. The van der Waals surface area contributed by atoms with Crippen molar-refractivity contribution in [2.75, 3.05) is 25.5 Å². The van der Waals surface area contributed by atoms with Gasteiger partial charge in [0.15, 0.2) is 0 Å². The number of anilines is 1. The highest BCUT2D eigenvalue weighted by Gasteiger charge is 2.34. The first-order valence-electron chi connectivity index (χ1n) is 7.03. The van der Waals surface area contributed by atoms with Gasteiger partial charge in [-0.1, -0.05) is 0 Å². The Hall–Kier alpha value is -2.62. The molecule has 1 aromatic rings. The molecule has 0 bridgehead atoms. The highest BCUT2D eigenvalue weighted by Crippen LogP contribution is 2.34. The summed E-state index contributed by atoms with van der Waals surface area (Å²) in [4.78, 5) is 26.4. The normalized spacial score (nSPS) is 17.2. The molecule has 0 N–H and O–H groups in total. The van der Waals surface area contributed by atoms with Gasteiger partial charge in [0.1, 0.15) is 6.04 Å². The summed E-state index contributed by atoms with van der Waals surface area (Å²) < 4.78 is 0. The molecule has 0 saturated carbocycles. The standard InChI is InChI=1S/C15H18N4O3/c1-10-13(7-11(9-16)8-14(10)19(21)22)18-6-4-5-12(18)15(20)17(2)3/h7-8,12H,4-6H2,1-3H3/t12-/m1/s1. The van der Waals surface area contributed by atoms with Gasteiger partial charge in [-0.25, -0.2) is 0 Å². The minimum absolute atomic E-state index is 0.0260. The molecule has 7 nitrogen and oxygen atoms in total. The second kappa shape index (κ2) is 6.02. The Kier molecular flexibility index (Phi) is 4.31. The lowest BCUT2D eigenvalue weighted by atomic mass is 10.1. The Bertz CT molecular complexity index is 663. The highest BCUT2D eigenvalue weighted by atomic mass is 16.6. The number of hydrogen-bond donors (Lipinski definition) is 0. The van der Waals surface area contributed by atoms with E-state index in [-0.39, 0.29) is 23.2 Å². The molecule has 7 heteroatoms. The molecule has 1 saturated heterocycles. The molecule has 2 rings (SSSR count). The number of rotatable bonds is 3. The van der Waals surface area contributed by atoms with Crippen LogP contribution >= 0.6 is 0 Å². The van der Waals surface area contributed by atoms with E-state index < -0.39 is 4.92 Å². The van der Waals surface area contributed by atoms with Crippen LogP contribution < -0.4 is 4.90 Å². The van der Waals surface area contributed by atoms with Gasteiger partial charge in [0.2, 0.25) is 5.91 Å². The van der Waals surface area contributed by atoms with Gasteiger partial charge < -0.3 is 9.80 Å². The van der Waals surface area contributed by atoms with Crippen LogP contribution in [0.2, 0.25) is 0 Å². The quantitative estimate of drug-likeness (QED) is 0.627. The zero-order valence-corrected chi connectivity index (χ0v) is 12.9. The van der Waals surface area contributed by atoms with E-state index in [1.165, 1.54) is 11.0 Å². The summed E-state index contributed by atoms with van der Waals surface area (Å²) in [6.07, 6.45) is 1.55. The van der Waals surface area contributed by atoms with Gasteiger partial charge in [0.25, 0.3) is 5.69 Å². The zero-order chi connectivity index (χ0) is 16.4. The van der Waals surface area contributed by atoms with Crippen LogP contribution in [0.3, 0.4) is 0 Å². The van der Waals surface area contributed by atoms with Crippen LogP contribution in [0.5, 0.6) is 0 Å². The molecular weight excluding hydrogens is 284 g/mol. The van der Waals surface area contributed by atoms with Gasteiger partial charge in [0, 0.05) is 32.4 Å². The average Bonchev–Trinajstić information content (AvgIpc) is 2.95. The summed E-state index contributed by atoms with van der Waals surface area (Å²) in [5.41, 5.74) is 1.23. The highest BCUT2D eigenvalue weighted by molar-refractivity contribution is 5.86. The Morgan fingerprint density at radius 3 is 2.73 bits per heavy atom. The summed E-state index contributed by atoms with van der Waals surface area (Å²) in [6.45, 7) is 2.31. The first kappa shape index (κ1) is 15.8. The second-order valence-corrected chi connectivity index (χ2v) is 5.59. The lowest BCUT2D eigenvalue weighted by Gasteiger charge is -2.29. The van der Waals surface area contributed by atoms with Crippen LogP contribution in [0.4, 0.5) is 11.4 Å². The Morgan fingerprint density at radius 1 is 1.50 bits per heavy atom. The van der Waals surface area contributed by atoms with E-state index in [4.69, 9.17) is 5.26 Å². The fourth-order valence-corrected chi connectivity index (χ4v) is 2.85. The molecule has 0 spiro atoms. The molecule has 0 unspecified atom stereocenters. The first-order valence-corrected chi connectivity index (χ1v) is 7.03. The van der Waals surface area contributed by atoms with E-state index in [0.717, 1.165) is 6.42 Å². The Balaban J connectivity index is 2.51. The number of nitrogens with zero attached hydrogens (tertiary/aromatic N) is 4. The van der Waals surface area contributed by atoms with E-state index in [1.54, 1.807) is 27.1 Å². The molecule has 1 atom stereocenters. The van der Waals surface area contributed by atoms with Crippen LogP contribution in [0, 0.1) is 28.4 Å². The minimum atomic E-state index is -0.488. The third kappa shape index (κ3) is 2.72. The molecule has 1 aromatic carbocycles. The van der Waals surface area contributed by atoms with Crippen molar-refractivity contribution in [1.29, 1.82) is 5.26 Å². The molecule has 0 aliphatic carbocycles. The topological polar surface area (TPSA) is 90.5 Å². The predicted octanol–water partition coefficient (Wildman–Crippen LogP) is 1.83. The molecule has 1 heterocycles. The van der Waals surface area contributed by atoms with Crippen molar-refractivity contribution in [3.8, 4) is 6.07 Å². The van der Waals surface area contributed by atoms with Crippen molar-refractivity contribution in [3.05, 3.63) is 33.4 Å². The number of carbonyl (C=O) groups is 1. The fraction of sp³-hybridized carbons (Fsp3) is 0.467. The molecule has 22 heavy (non-hydrogen) atoms. The summed E-state index contributed by atoms with van der Waals surface area (Å²) in [5, 5.41) is 20.3. The monoisotopic (exact) mass is 302 g/mol. The van der Waals surface area contributed by atoms with Crippen LogP contribution in [-0.4, -0.2) is 42.4 Å². The number of benzene rings is 1. The van der Waals surface area contributed by atoms with Gasteiger partial charge in [0.05, 0.1) is 22.1 Å². The van der Waals surface area contributed by atoms with Crippen LogP contribution in [-0.2, 0) is 4.79 Å². The molecule has 0 aromatic heterocycles. The van der Waals surface area contributed by atoms with E-state index in [0.29, 0.717) is 24.2 Å². The zero-order valence-electron chi connectivity index (χ0n) is 12.9. The number of nitro benzene ring substituents is 1. The molecule has 1 amide bonds. The third-order valence-electron chi connectivity index (χ3n) is 3.97. The largest absolute Gasteiger partial charge is 0.359 e. The van der Waals surface area contributed by atoms with Gasteiger partial charge in [-0.05, 0) is 25.8 Å². The molecule has 1 aliphatic rings. The van der Waals surface area contributed by atoms with E-state index in [9.17, 15) is 14.9 Å². The van der Waals surface area contributed by atoms with Crippen LogP contribution in [0.15, 0.2) is 12.1 Å². The number of nitro groups is 1. The minimum Gasteiger partial charge on any atom is -0.359 e. The van der Waals surface area contributed by atoms with Gasteiger partial charge >= 0.3 is 0 Å². The maximum absolute atomic E-state index is 12.3. The van der Waals surface area contributed by atoms with Crippen molar-refractivity contribution >= 4 is 17.3 Å². The van der Waals surface area contributed by atoms with Gasteiger partial charge in [-0.15, -0.1) is 0 Å². The molecule has 116 valence electrons. The Labute approximate surface area is 128 Å². The number of hydrogen-bond acceptors (Lipinski definition) is 5. The maximum Gasteiger partial charge on any atom is 0.275 e. The number of amides is 1. The smallest absolute Gasteiger partial charge is 0.275 e. The molecular formula is C15H18N4O3. The number of nitriles is 1. The van der Waals surface area contributed by atoms with Crippen LogP contribution in [0.25, 0.3) is 0 Å². The number of likely N-dealkylation sites (N-methyl/N-ethyl adjacent to an activating group) is 1. The second-order valence-electron chi connectivity index (χ2n) is 5.59. The lowest BCUT2D eigenvalue weighted by molar-refractivity contribution is -0.385. The van der Waals surface area contributed by atoms with Crippen molar-refractivity contribution in [1.82, 2.24) is 4.90 Å². The molecule has 1 aliphatic heterocycles.